The van der Waals surface area contributed by atoms with E-state index in [0.717, 1.165) is 10.0 Å². The number of aromatic nitrogens is 5. The van der Waals surface area contributed by atoms with Gasteiger partial charge in [-0.2, -0.15) is 0 Å². The first-order valence-electron chi connectivity index (χ1n) is 11.3. The van der Waals surface area contributed by atoms with Crippen molar-refractivity contribution in [3.8, 4) is 0 Å². The third-order valence-corrected chi connectivity index (χ3v) is 6.26. The number of hydrogen-bond donors (Lipinski definition) is 1. The standard InChI is InChI=1S/C25H26BrN7O2/c1-3-21(32(12-11-27-2)24(34)18-6-8-19(26)9-7-18)23-31-22-20(5-4-10-30-22)25(35)33(23)15-17-13-28-16-29-14-17/h4-10,13-14,16,21,27H,3,11-12,15H2,1-2H3. The molecule has 4 rings (SSSR count). The Morgan fingerprint density at radius 1 is 1.17 bits per heavy atom. The monoisotopic (exact) mass is 535 g/mol. The van der Waals surface area contributed by atoms with E-state index in [1.54, 1.807) is 52.3 Å². The van der Waals surface area contributed by atoms with Gasteiger partial charge in [-0.15, -0.1) is 0 Å². The summed E-state index contributed by atoms with van der Waals surface area (Å²) in [7, 11) is 1.84. The van der Waals surface area contributed by atoms with Gasteiger partial charge in [0.1, 0.15) is 12.2 Å². The molecule has 0 aliphatic heterocycles. The van der Waals surface area contributed by atoms with Gasteiger partial charge in [-0.05, 0) is 49.9 Å². The molecule has 0 saturated heterocycles. The van der Waals surface area contributed by atoms with Crippen LogP contribution in [0.5, 0.6) is 0 Å². The van der Waals surface area contributed by atoms with E-state index in [0.29, 0.717) is 41.9 Å². The molecule has 0 bridgehead atoms. The van der Waals surface area contributed by atoms with Crippen LogP contribution in [0, 0.1) is 0 Å². The van der Waals surface area contributed by atoms with Gasteiger partial charge in [-0.1, -0.05) is 22.9 Å². The second kappa shape index (κ2) is 11.3. The minimum Gasteiger partial charge on any atom is -0.327 e. The van der Waals surface area contributed by atoms with E-state index in [1.165, 1.54) is 6.33 Å². The van der Waals surface area contributed by atoms with E-state index < -0.39 is 6.04 Å². The molecule has 1 unspecified atom stereocenters. The van der Waals surface area contributed by atoms with Crippen molar-refractivity contribution in [3.05, 3.63) is 93.1 Å². The van der Waals surface area contributed by atoms with Crippen molar-refractivity contribution in [2.75, 3.05) is 20.1 Å². The van der Waals surface area contributed by atoms with E-state index in [9.17, 15) is 9.59 Å². The van der Waals surface area contributed by atoms with Gasteiger partial charge < -0.3 is 10.2 Å². The molecule has 1 aromatic carbocycles. The van der Waals surface area contributed by atoms with Crippen molar-refractivity contribution < 1.29 is 4.79 Å². The molecule has 0 saturated carbocycles. The number of pyridine rings is 1. The Morgan fingerprint density at radius 2 is 1.91 bits per heavy atom. The van der Waals surface area contributed by atoms with Crippen molar-refractivity contribution in [3.63, 3.8) is 0 Å². The first-order chi connectivity index (χ1) is 17.0. The minimum absolute atomic E-state index is 0.135. The van der Waals surface area contributed by atoms with Gasteiger partial charge in [0.05, 0.1) is 18.0 Å². The van der Waals surface area contributed by atoms with E-state index in [-0.39, 0.29) is 18.0 Å². The molecule has 3 aromatic heterocycles. The number of halogens is 1. The van der Waals surface area contributed by atoms with Crippen LogP contribution in [0.3, 0.4) is 0 Å². The fraction of sp³-hybridized carbons (Fsp3) is 0.280. The van der Waals surface area contributed by atoms with Crippen molar-refractivity contribution in [2.45, 2.75) is 25.9 Å². The van der Waals surface area contributed by atoms with E-state index >= 15 is 0 Å². The largest absolute Gasteiger partial charge is 0.327 e. The summed E-state index contributed by atoms with van der Waals surface area (Å²) in [5, 5.41) is 3.54. The molecule has 0 aliphatic carbocycles. The Hall–Kier alpha value is -3.50. The molecule has 1 N–H and O–H groups in total. The Balaban J connectivity index is 1.86. The normalized spacial score (nSPS) is 12.0. The minimum atomic E-state index is -0.455. The molecular formula is C25H26BrN7O2. The molecular weight excluding hydrogens is 510 g/mol. The van der Waals surface area contributed by atoms with Crippen LogP contribution in [0.4, 0.5) is 0 Å². The number of nitrogens with zero attached hydrogens (tertiary/aromatic N) is 6. The maximum Gasteiger partial charge on any atom is 0.263 e. The van der Waals surface area contributed by atoms with Crippen LogP contribution in [-0.4, -0.2) is 55.4 Å². The van der Waals surface area contributed by atoms with E-state index in [1.807, 2.05) is 26.1 Å². The molecule has 1 amide bonds. The molecule has 180 valence electrons. The highest BCUT2D eigenvalue weighted by atomic mass is 79.9. The highest BCUT2D eigenvalue weighted by Gasteiger charge is 2.29. The van der Waals surface area contributed by atoms with Crippen LogP contribution in [0.15, 0.2) is 70.6 Å². The molecule has 0 radical (unpaired) electrons. The van der Waals surface area contributed by atoms with Crippen molar-refractivity contribution >= 4 is 32.9 Å². The number of carbonyl (C=O) groups excluding carboxylic acids is 1. The molecule has 4 aromatic rings. The number of amides is 1. The zero-order chi connectivity index (χ0) is 24.8. The second-order valence-electron chi connectivity index (χ2n) is 8.02. The maximum absolute atomic E-state index is 13.7. The highest BCUT2D eigenvalue weighted by molar-refractivity contribution is 9.10. The van der Waals surface area contributed by atoms with Crippen LogP contribution in [0.2, 0.25) is 0 Å². The fourth-order valence-corrected chi connectivity index (χ4v) is 4.27. The number of benzene rings is 1. The maximum atomic E-state index is 13.7. The SMILES string of the molecule is CCC(c1nc2ncccc2c(=O)n1Cc1cncnc1)N(CCNC)C(=O)c1ccc(Br)cc1. The van der Waals surface area contributed by atoms with E-state index in [4.69, 9.17) is 4.98 Å². The lowest BCUT2D eigenvalue weighted by Crippen LogP contribution is -2.42. The Labute approximate surface area is 211 Å². The summed E-state index contributed by atoms with van der Waals surface area (Å²) in [5.74, 6) is 0.346. The number of nitrogens with one attached hydrogen (secondary N) is 1. The molecule has 0 fully saturated rings. The number of hydrogen-bond acceptors (Lipinski definition) is 7. The summed E-state index contributed by atoms with van der Waals surface area (Å²) in [5.41, 5.74) is 1.46. The van der Waals surface area contributed by atoms with Gasteiger partial charge in [0, 0.05) is 47.3 Å². The Morgan fingerprint density at radius 3 is 2.60 bits per heavy atom. The molecule has 0 spiro atoms. The summed E-state index contributed by atoms with van der Waals surface area (Å²) in [6, 6.07) is 10.2. The smallest absolute Gasteiger partial charge is 0.263 e. The number of rotatable bonds is 9. The quantitative estimate of drug-likeness (QED) is 0.350. The molecule has 9 nitrogen and oxygen atoms in total. The van der Waals surface area contributed by atoms with Crippen molar-refractivity contribution in [2.24, 2.45) is 0 Å². The number of likely N-dealkylation sites (N-methyl/N-ethyl adjacent to an activating group) is 1. The van der Waals surface area contributed by atoms with Crippen LogP contribution in [-0.2, 0) is 6.54 Å². The summed E-state index contributed by atoms with van der Waals surface area (Å²) in [4.78, 5) is 46.4. The highest BCUT2D eigenvalue weighted by Crippen LogP contribution is 2.26. The zero-order valence-electron chi connectivity index (χ0n) is 19.6. The van der Waals surface area contributed by atoms with Crippen molar-refractivity contribution in [1.82, 2.24) is 34.7 Å². The van der Waals surface area contributed by atoms with Crippen LogP contribution >= 0.6 is 15.9 Å². The predicted octanol–water partition coefficient (Wildman–Crippen LogP) is 3.21. The average molecular weight is 536 g/mol. The third-order valence-electron chi connectivity index (χ3n) is 5.73. The van der Waals surface area contributed by atoms with Crippen LogP contribution < -0.4 is 10.9 Å². The van der Waals surface area contributed by atoms with Gasteiger partial charge in [-0.3, -0.25) is 14.2 Å². The van der Waals surface area contributed by atoms with E-state index in [2.05, 4.69) is 36.2 Å². The summed E-state index contributed by atoms with van der Waals surface area (Å²) >= 11 is 3.42. The molecule has 0 aliphatic rings. The van der Waals surface area contributed by atoms with Crippen molar-refractivity contribution in [1.29, 1.82) is 0 Å². The lowest BCUT2D eigenvalue weighted by atomic mass is 10.1. The molecule has 35 heavy (non-hydrogen) atoms. The van der Waals surface area contributed by atoms with Gasteiger partial charge in [0.25, 0.3) is 11.5 Å². The van der Waals surface area contributed by atoms with Gasteiger partial charge in [0.15, 0.2) is 5.65 Å². The summed E-state index contributed by atoms with van der Waals surface area (Å²) in [6.45, 7) is 3.24. The second-order valence-corrected chi connectivity index (χ2v) is 8.93. The summed E-state index contributed by atoms with van der Waals surface area (Å²) < 4.78 is 2.50. The number of carbonyl (C=O) groups is 1. The Kier molecular flexibility index (Phi) is 7.94. The first-order valence-corrected chi connectivity index (χ1v) is 12.1. The summed E-state index contributed by atoms with van der Waals surface area (Å²) in [6.07, 6.45) is 6.95. The van der Waals surface area contributed by atoms with Gasteiger partial charge in [0.2, 0.25) is 0 Å². The predicted molar refractivity (Wildman–Crippen MR) is 137 cm³/mol. The van der Waals surface area contributed by atoms with Gasteiger partial charge >= 0.3 is 0 Å². The lowest BCUT2D eigenvalue weighted by Gasteiger charge is -2.32. The fourth-order valence-electron chi connectivity index (χ4n) is 4.00. The topological polar surface area (TPSA) is 106 Å². The molecule has 1 atom stereocenters. The zero-order valence-corrected chi connectivity index (χ0v) is 21.1. The van der Waals surface area contributed by atoms with Crippen LogP contribution in [0.25, 0.3) is 11.0 Å². The molecule has 10 heteroatoms. The average Bonchev–Trinajstić information content (AvgIpc) is 2.89. The Bertz CT molecular complexity index is 1360. The van der Waals surface area contributed by atoms with Crippen LogP contribution in [0.1, 0.15) is 41.1 Å². The third kappa shape index (κ3) is 5.44. The van der Waals surface area contributed by atoms with Gasteiger partial charge in [-0.25, -0.2) is 19.9 Å². The first kappa shape index (κ1) is 24.6. The number of fused-ring (bicyclic) bond motifs is 1. The lowest BCUT2D eigenvalue weighted by molar-refractivity contribution is 0.0660. The molecule has 3 heterocycles.